The number of ketones is 1. The maximum absolute atomic E-state index is 13.0. The number of alkyl halides is 3. The number of rotatable bonds is 5. The number of Topliss-reactive ketones (excluding diaryl/α,β-unsaturated/α-hetero) is 1. The van der Waals surface area contributed by atoms with Gasteiger partial charge in [-0.05, 0) is 48.9 Å². The fourth-order valence-electron chi connectivity index (χ4n) is 3.52. The van der Waals surface area contributed by atoms with E-state index in [0.29, 0.717) is 11.3 Å². The van der Waals surface area contributed by atoms with Gasteiger partial charge in [-0.1, -0.05) is 24.3 Å². The first-order chi connectivity index (χ1) is 14.7. The third kappa shape index (κ3) is 4.14. The van der Waals surface area contributed by atoms with Crippen molar-refractivity contribution in [1.82, 2.24) is 0 Å². The highest BCUT2D eigenvalue weighted by Gasteiger charge is 2.40. The predicted molar refractivity (Wildman–Crippen MR) is 108 cm³/mol. The molecule has 0 N–H and O–H groups in total. The van der Waals surface area contributed by atoms with Crippen molar-refractivity contribution in [3.63, 3.8) is 0 Å². The fourth-order valence-corrected chi connectivity index (χ4v) is 3.52. The molecule has 0 bridgehead atoms. The van der Waals surface area contributed by atoms with Crippen molar-refractivity contribution < 1.29 is 27.2 Å². The van der Waals surface area contributed by atoms with Crippen molar-refractivity contribution in [2.45, 2.75) is 19.5 Å². The highest BCUT2D eigenvalue weighted by Crippen LogP contribution is 2.33. The Hall–Kier alpha value is -3.68. The minimum absolute atomic E-state index is 0.0196. The molecule has 0 aliphatic carbocycles. The summed E-state index contributed by atoms with van der Waals surface area (Å²) < 4.78 is 44.4. The second-order valence-electron chi connectivity index (χ2n) is 7.19. The van der Waals surface area contributed by atoms with Gasteiger partial charge in [0.1, 0.15) is 11.7 Å². The molecule has 3 aromatic rings. The summed E-state index contributed by atoms with van der Waals surface area (Å²) in [5, 5.41) is 4.93. The van der Waals surface area contributed by atoms with Crippen molar-refractivity contribution in [1.29, 1.82) is 0 Å². The number of carbonyl (C=O) groups excluding carboxylic acids is 2. The second kappa shape index (κ2) is 7.86. The van der Waals surface area contributed by atoms with Gasteiger partial charge in [0.05, 0.1) is 23.2 Å². The number of amides is 1. The average Bonchev–Trinajstić information content (AvgIpc) is 3.36. The molecule has 1 aliphatic rings. The largest absolute Gasteiger partial charge is 0.464 e. The third-order valence-electron chi connectivity index (χ3n) is 4.98. The molecule has 31 heavy (non-hydrogen) atoms. The van der Waals surface area contributed by atoms with Gasteiger partial charge >= 0.3 is 6.18 Å². The Morgan fingerprint density at radius 2 is 1.87 bits per heavy atom. The van der Waals surface area contributed by atoms with Gasteiger partial charge in [0.15, 0.2) is 5.78 Å². The summed E-state index contributed by atoms with van der Waals surface area (Å²) in [6.45, 7) is 1.52. The van der Waals surface area contributed by atoms with E-state index in [0.717, 1.165) is 22.7 Å². The molecule has 1 aliphatic heterocycles. The van der Waals surface area contributed by atoms with Gasteiger partial charge in [0.25, 0.3) is 5.91 Å². The Morgan fingerprint density at radius 1 is 1.10 bits per heavy atom. The molecule has 5 nitrogen and oxygen atoms in total. The summed E-state index contributed by atoms with van der Waals surface area (Å²) in [4.78, 5) is 25.8. The number of hydrogen-bond donors (Lipinski definition) is 0. The van der Waals surface area contributed by atoms with E-state index in [9.17, 15) is 22.8 Å². The minimum Gasteiger partial charge on any atom is -0.464 e. The zero-order chi connectivity index (χ0) is 22.2. The summed E-state index contributed by atoms with van der Waals surface area (Å²) in [5.74, 6) is -1.53. The van der Waals surface area contributed by atoms with Gasteiger partial charge in [-0.15, -0.1) is 0 Å². The highest BCUT2D eigenvalue weighted by atomic mass is 19.4. The van der Waals surface area contributed by atoms with Crippen molar-refractivity contribution in [2.75, 3.05) is 5.01 Å². The number of halogens is 3. The molecule has 0 spiro atoms. The van der Waals surface area contributed by atoms with Crippen molar-refractivity contribution in [3.8, 4) is 11.3 Å². The molecule has 8 heteroatoms. The lowest BCUT2D eigenvalue weighted by atomic mass is 9.93. The SMILES string of the molecule is CC1=NN(c2cccc(C(F)(F)F)c2)C(=O)C1C(=O)Cc1cccc(-c2ccco2)c1. The number of hydrogen-bond acceptors (Lipinski definition) is 4. The maximum atomic E-state index is 13.0. The van der Waals surface area contributed by atoms with Gasteiger partial charge in [-0.3, -0.25) is 9.59 Å². The van der Waals surface area contributed by atoms with E-state index in [2.05, 4.69) is 5.10 Å². The van der Waals surface area contributed by atoms with Crippen LogP contribution < -0.4 is 5.01 Å². The van der Waals surface area contributed by atoms with Crippen LogP contribution in [0.1, 0.15) is 18.1 Å². The van der Waals surface area contributed by atoms with Gasteiger partial charge < -0.3 is 4.42 Å². The summed E-state index contributed by atoms with van der Waals surface area (Å²) >= 11 is 0. The molecule has 4 rings (SSSR count). The third-order valence-corrected chi connectivity index (χ3v) is 4.98. The molecule has 1 aromatic heterocycles. The van der Waals surface area contributed by atoms with Gasteiger partial charge in [0, 0.05) is 12.0 Å². The number of nitrogens with zero attached hydrogens (tertiary/aromatic N) is 2. The molecule has 1 unspecified atom stereocenters. The van der Waals surface area contributed by atoms with Crippen LogP contribution in [0.15, 0.2) is 76.4 Å². The minimum atomic E-state index is -4.55. The summed E-state index contributed by atoms with van der Waals surface area (Å²) in [6.07, 6.45) is -3.02. The van der Waals surface area contributed by atoms with E-state index in [1.807, 2.05) is 6.07 Å². The fraction of sp³-hybridized carbons (Fsp3) is 0.174. The normalized spacial score (nSPS) is 16.5. The molecular weight excluding hydrogens is 409 g/mol. The number of anilines is 1. The topological polar surface area (TPSA) is 62.9 Å². The van der Waals surface area contributed by atoms with E-state index < -0.39 is 23.6 Å². The van der Waals surface area contributed by atoms with Gasteiger partial charge in [0.2, 0.25) is 0 Å². The molecular formula is C23H17F3N2O3. The zero-order valence-electron chi connectivity index (χ0n) is 16.4. The van der Waals surface area contributed by atoms with Gasteiger partial charge in [-0.2, -0.15) is 23.3 Å². The van der Waals surface area contributed by atoms with E-state index in [4.69, 9.17) is 4.42 Å². The lowest BCUT2D eigenvalue weighted by molar-refractivity contribution is -0.137. The quantitative estimate of drug-likeness (QED) is 0.533. The monoisotopic (exact) mass is 426 g/mol. The van der Waals surface area contributed by atoms with Crippen LogP contribution in [0, 0.1) is 5.92 Å². The molecule has 1 atom stereocenters. The average molecular weight is 426 g/mol. The van der Waals surface area contributed by atoms with Crippen molar-refractivity contribution in [2.24, 2.45) is 11.0 Å². The first-order valence-corrected chi connectivity index (χ1v) is 9.46. The number of benzene rings is 2. The van der Waals surface area contributed by atoms with Crippen LogP contribution in [0.3, 0.4) is 0 Å². The van der Waals surface area contributed by atoms with E-state index >= 15 is 0 Å². The lowest BCUT2D eigenvalue weighted by Gasteiger charge is -2.16. The summed E-state index contributed by atoms with van der Waals surface area (Å²) in [6, 6.07) is 15.0. The van der Waals surface area contributed by atoms with Crippen LogP contribution in [0.2, 0.25) is 0 Å². The standard InChI is InChI=1S/C23H17F3N2O3/c1-14-21(19(29)12-15-5-2-6-16(11-15)20-9-4-10-31-20)22(30)28(27-14)18-8-3-7-17(13-18)23(24,25)26/h2-11,13,21H,12H2,1H3. The van der Waals surface area contributed by atoms with E-state index in [1.54, 1.807) is 36.6 Å². The molecule has 1 amide bonds. The number of furan rings is 1. The smallest absolute Gasteiger partial charge is 0.416 e. The van der Waals surface area contributed by atoms with Crippen LogP contribution in [0.25, 0.3) is 11.3 Å². The maximum Gasteiger partial charge on any atom is 0.416 e. The van der Waals surface area contributed by atoms with Crippen molar-refractivity contribution >= 4 is 23.1 Å². The number of hydrazone groups is 1. The molecule has 0 fully saturated rings. The van der Waals surface area contributed by atoms with Crippen LogP contribution in [-0.2, 0) is 22.2 Å². The van der Waals surface area contributed by atoms with Crippen LogP contribution in [-0.4, -0.2) is 17.4 Å². The van der Waals surface area contributed by atoms with Crippen LogP contribution >= 0.6 is 0 Å². The molecule has 0 saturated carbocycles. The Kier molecular flexibility index (Phi) is 5.22. The van der Waals surface area contributed by atoms with Crippen LogP contribution in [0.5, 0.6) is 0 Å². The molecule has 0 saturated heterocycles. The van der Waals surface area contributed by atoms with E-state index in [1.165, 1.54) is 19.1 Å². The first kappa shape index (κ1) is 20.6. The molecule has 2 heterocycles. The molecule has 2 aromatic carbocycles. The van der Waals surface area contributed by atoms with E-state index in [-0.39, 0.29) is 23.6 Å². The first-order valence-electron chi connectivity index (χ1n) is 9.46. The summed E-state index contributed by atoms with van der Waals surface area (Å²) in [7, 11) is 0. The highest BCUT2D eigenvalue weighted by molar-refractivity contribution is 6.27. The Morgan fingerprint density at radius 3 is 2.58 bits per heavy atom. The molecule has 0 radical (unpaired) electrons. The zero-order valence-corrected chi connectivity index (χ0v) is 16.4. The second-order valence-corrected chi connectivity index (χ2v) is 7.19. The Balaban J connectivity index is 1.54. The number of carbonyl (C=O) groups is 2. The summed E-state index contributed by atoms with van der Waals surface area (Å²) in [5.41, 5.74) is 0.806. The molecule has 158 valence electrons. The Labute approximate surface area is 175 Å². The lowest BCUT2D eigenvalue weighted by Crippen LogP contribution is -2.33. The Bertz CT molecular complexity index is 1170. The van der Waals surface area contributed by atoms with Crippen molar-refractivity contribution in [3.05, 3.63) is 78.1 Å². The van der Waals surface area contributed by atoms with Gasteiger partial charge in [-0.25, -0.2) is 0 Å². The predicted octanol–water partition coefficient (Wildman–Crippen LogP) is 5.12. The van der Waals surface area contributed by atoms with Crippen LogP contribution in [0.4, 0.5) is 18.9 Å².